The lowest BCUT2D eigenvalue weighted by Gasteiger charge is -2.31. The summed E-state index contributed by atoms with van der Waals surface area (Å²) >= 11 is 0. The van der Waals surface area contributed by atoms with Crippen molar-refractivity contribution in [1.29, 1.82) is 0 Å². The molecule has 180 valence electrons. The van der Waals surface area contributed by atoms with Crippen LogP contribution < -0.4 is 20.1 Å². The summed E-state index contributed by atoms with van der Waals surface area (Å²) in [6, 6.07) is 12.8. The fourth-order valence-electron chi connectivity index (χ4n) is 5.11. The van der Waals surface area contributed by atoms with Crippen LogP contribution in [0.1, 0.15) is 49.9 Å². The predicted molar refractivity (Wildman–Crippen MR) is 137 cm³/mol. The smallest absolute Gasteiger partial charge is 0.323 e. The number of hydrogen-bond donors (Lipinski definition) is 1. The third-order valence-electron chi connectivity index (χ3n) is 6.40. The van der Waals surface area contributed by atoms with E-state index in [1.165, 1.54) is 10.5 Å². The number of hydrogen-bond acceptors (Lipinski definition) is 5. The van der Waals surface area contributed by atoms with Gasteiger partial charge in [0.15, 0.2) is 11.5 Å². The van der Waals surface area contributed by atoms with Crippen LogP contribution >= 0.6 is 0 Å². The van der Waals surface area contributed by atoms with Crippen LogP contribution in [0.25, 0.3) is 0 Å². The summed E-state index contributed by atoms with van der Waals surface area (Å²) in [7, 11) is 1.68. The highest BCUT2D eigenvalue weighted by molar-refractivity contribution is 6.16. The monoisotopic (exact) mass is 470 g/mol. The number of methoxy groups -OCH3 is 1. The summed E-state index contributed by atoms with van der Waals surface area (Å²) in [4.78, 5) is 23.2. The molecular formula is C28H30N4O3. The van der Waals surface area contributed by atoms with Crippen molar-refractivity contribution in [3.8, 4) is 11.5 Å². The molecule has 2 aliphatic heterocycles. The second-order valence-corrected chi connectivity index (χ2v) is 10.3. The van der Waals surface area contributed by atoms with E-state index in [2.05, 4.69) is 38.7 Å². The molecule has 35 heavy (non-hydrogen) atoms. The Balaban J connectivity index is 1.69. The number of pyridine rings is 1. The molecule has 5 rings (SSSR count). The minimum absolute atomic E-state index is 0.306. The zero-order valence-electron chi connectivity index (χ0n) is 20.8. The van der Waals surface area contributed by atoms with Crippen molar-refractivity contribution >= 4 is 23.1 Å². The van der Waals surface area contributed by atoms with E-state index >= 15 is 0 Å². The van der Waals surface area contributed by atoms with Gasteiger partial charge in [-0.2, -0.15) is 0 Å². The number of rotatable bonds is 4. The number of carbonyl (C=O) groups excluding carboxylic acids is 1. The van der Waals surface area contributed by atoms with Gasteiger partial charge < -0.3 is 15.2 Å². The lowest BCUT2D eigenvalue weighted by Crippen LogP contribution is -2.32. The second-order valence-electron chi connectivity index (χ2n) is 10.3. The summed E-state index contributed by atoms with van der Waals surface area (Å²) in [6.07, 6.45) is 4.82. The van der Waals surface area contributed by atoms with E-state index in [0.717, 1.165) is 46.7 Å². The molecule has 2 aliphatic rings. The van der Waals surface area contributed by atoms with Crippen LogP contribution in [-0.4, -0.2) is 35.0 Å². The number of aromatic nitrogens is 1. The Morgan fingerprint density at radius 1 is 1.09 bits per heavy atom. The SMILES string of the molecule is COc1cc2c(c3c1OC(C)(C)C3)C(c1cccc(N(C(N)=O)c3cccnc3)c1)=NC(C)(C)C2. The van der Waals surface area contributed by atoms with E-state index in [1.807, 2.05) is 24.3 Å². The molecule has 0 saturated carbocycles. The first kappa shape index (κ1) is 22.9. The summed E-state index contributed by atoms with van der Waals surface area (Å²) in [6.45, 7) is 8.43. The number of nitrogens with two attached hydrogens (primary N) is 1. The third-order valence-corrected chi connectivity index (χ3v) is 6.40. The molecule has 7 heteroatoms. The zero-order valence-corrected chi connectivity index (χ0v) is 20.8. The lowest BCUT2D eigenvalue weighted by atomic mass is 9.81. The van der Waals surface area contributed by atoms with E-state index in [9.17, 15) is 4.79 Å². The minimum Gasteiger partial charge on any atom is -0.493 e. The van der Waals surface area contributed by atoms with Crippen molar-refractivity contribution in [3.05, 3.63) is 77.1 Å². The number of urea groups is 1. The number of nitrogens with zero attached hydrogens (tertiary/aromatic N) is 3. The van der Waals surface area contributed by atoms with Gasteiger partial charge in [-0.05, 0) is 70.0 Å². The molecular weight excluding hydrogens is 440 g/mol. The lowest BCUT2D eigenvalue weighted by molar-refractivity contribution is 0.134. The number of primary amides is 1. The van der Waals surface area contributed by atoms with E-state index in [1.54, 1.807) is 31.6 Å². The number of ether oxygens (including phenoxy) is 2. The minimum atomic E-state index is -0.581. The van der Waals surface area contributed by atoms with Crippen LogP contribution in [0.15, 0.2) is 59.9 Å². The Morgan fingerprint density at radius 3 is 2.54 bits per heavy atom. The van der Waals surface area contributed by atoms with Gasteiger partial charge in [0.25, 0.3) is 0 Å². The number of anilines is 2. The number of benzene rings is 2. The van der Waals surface area contributed by atoms with Gasteiger partial charge in [-0.1, -0.05) is 12.1 Å². The van der Waals surface area contributed by atoms with Crippen LogP contribution in [0.3, 0.4) is 0 Å². The normalized spacial score (nSPS) is 17.0. The molecule has 0 unspecified atom stereocenters. The largest absolute Gasteiger partial charge is 0.493 e. The van der Waals surface area contributed by atoms with Crippen molar-refractivity contribution in [2.45, 2.75) is 51.7 Å². The molecule has 3 aromatic rings. The fraction of sp³-hybridized carbons (Fsp3) is 0.321. The fourth-order valence-corrected chi connectivity index (χ4v) is 5.11. The van der Waals surface area contributed by atoms with Gasteiger partial charge in [0, 0.05) is 29.3 Å². The summed E-state index contributed by atoms with van der Waals surface area (Å²) in [5, 5.41) is 0. The first-order valence-corrected chi connectivity index (χ1v) is 11.7. The Hall–Kier alpha value is -3.87. The third kappa shape index (κ3) is 4.11. The average Bonchev–Trinajstić information content (AvgIpc) is 3.13. The molecule has 0 spiro atoms. The van der Waals surface area contributed by atoms with Crippen molar-refractivity contribution in [1.82, 2.24) is 4.98 Å². The van der Waals surface area contributed by atoms with Crippen LogP contribution in [0.4, 0.5) is 16.2 Å². The first-order valence-electron chi connectivity index (χ1n) is 11.7. The Morgan fingerprint density at radius 2 is 1.86 bits per heavy atom. The van der Waals surface area contributed by atoms with Gasteiger partial charge in [-0.25, -0.2) is 4.79 Å². The maximum Gasteiger partial charge on any atom is 0.323 e. The molecule has 3 heterocycles. The molecule has 0 saturated heterocycles. The zero-order chi connectivity index (χ0) is 25.0. The van der Waals surface area contributed by atoms with Gasteiger partial charge >= 0.3 is 6.03 Å². The Kier molecular flexibility index (Phi) is 5.31. The van der Waals surface area contributed by atoms with Crippen LogP contribution in [0.5, 0.6) is 11.5 Å². The van der Waals surface area contributed by atoms with Gasteiger partial charge in [-0.15, -0.1) is 0 Å². The highest BCUT2D eigenvalue weighted by Gasteiger charge is 2.39. The van der Waals surface area contributed by atoms with Gasteiger partial charge in [-0.3, -0.25) is 14.9 Å². The molecule has 2 aromatic carbocycles. The van der Waals surface area contributed by atoms with Crippen LogP contribution in [0.2, 0.25) is 0 Å². The standard InChI is InChI=1S/C28H30N4O3/c1-27(2)14-18-13-22(34-5)25-21(15-28(3,4)35-25)23(18)24(31-27)17-8-6-9-19(12-17)32(26(29)33)20-10-7-11-30-16-20/h6-13,16H,14-15H2,1-5H3,(H2,29,33). The van der Waals surface area contributed by atoms with Crippen molar-refractivity contribution in [2.75, 3.05) is 12.0 Å². The topological polar surface area (TPSA) is 90.0 Å². The van der Waals surface area contributed by atoms with Gasteiger partial charge in [0.1, 0.15) is 5.60 Å². The van der Waals surface area contributed by atoms with E-state index in [0.29, 0.717) is 11.4 Å². The molecule has 7 nitrogen and oxygen atoms in total. The summed E-state index contributed by atoms with van der Waals surface area (Å²) in [5.41, 5.74) is 11.6. The molecule has 0 atom stereocenters. The van der Waals surface area contributed by atoms with E-state index in [-0.39, 0.29) is 11.1 Å². The Labute approximate surface area is 205 Å². The van der Waals surface area contributed by atoms with Crippen LogP contribution in [0, 0.1) is 0 Å². The molecule has 1 aromatic heterocycles. The number of aliphatic imine (C=N–C) groups is 1. The quantitative estimate of drug-likeness (QED) is 0.568. The van der Waals surface area contributed by atoms with Crippen molar-refractivity contribution in [2.24, 2.45) is 10.7 Å². The van der Waals surface area contributed by atoms with Crippen molar-refractivity contribution in [3.63, 3.8) is 0 Å². The first-order chi connectivity index (χ1) is 16.6. The van der Waals surface area contributed by atoms with E-state index in [4.69, 9.17) is 20.2 Å². The molecule has 0 fully saturated rings. The van der Waals surface area contributed by atoms with Crippen LogP contribution in [-0.2, 0) is 12.8 Å². The van der Waals surface area contributed by atoms with E-state index < -0.39 is 6.03 Å². The molecule has 0 radical (unpaired) electrons. The molecule has 0 bridgehead atoms. The van der Waals surface area contributed by atoms with Gasteiger partial charge in [0.05, 0.1) is 35.9 Å². The van der Waals surface area contributed by atoms with Crippen molar-refractivity contribution < 1.29 is 14.3 Å². The maximum atomic E-state index is 12.4. The second kappa shape index (κ2) is 8.12. The number of fused-ring (bicyclic) bond motifs is 3. The maximum absolute atomic E-state index is 12.4. The highest BCUT2D eigenvalue weighted by Crippen LogP contribution is 2.48. The molecule has 2 N–H and O–H groups in total. The average molecular weight is 471 g/mol. The van der Waals surface area contributed by atoms with Gasteiger partial charge in [0.2, 0.25) is 0 Å². The highest BCUT2D eigenvalue weighted by atomic mass is 16.5. The predicted octanol–water partition coefficient (Wildman–Crippen LogP) is 5.19. The molecule has 2 amide bonds. The molecule has 0 aliphatic carbocycles. The number of amides is 2. The Bertz CT molecular complexity index is 1350. The summed E-state index contributed by atoms with van der Waals surface area (Å²) < 4.78 is 12.0. The number of carbonyl (C=O) groups is 1. The summed E-state index contributed by atoms with van der Waals surface area (Å²) in [5.74, 6) is 1.54.